The lowest BCUT2D eigenvalue weighted by Crippen LogP contribution is -2.21. The maximum Gasteiger partial charge on any atom is 0.211 e. The fraction of sp³-hybridized carbons (Fsp3) is 0.333. The zero-order valence-corrected chi connectivity index (χ0v) is 5.97. The summed E-state index contributed by atoms with van der Waals surface area (Å²) in [5.41, 5.74) is 9.81. The largest absolute Gasteiger partial charge is 0.369 e. The van der Waals surface area contributed by atoms with Crippen molar-refractivity contribution in [3.05, 3.63) is 0 Å². The predicted octanol–water partition coefficient (Wildman–Crippen LogP) is 0.0493. The van der Waals surface area contributed by atoms with Crippen molar-refractivity contribution in [2.24, 2.45) is 21.7 Å². The SMILES string of the molecule is NC(N)=N/N=C/C(Cl)Cl. The minimum Gasteiger partial charge on any atom is -0.369 e. The minimum atomic E-state index is -0.673. The van der Waals surface area contributed by atoms with E-state index in [-0.39, 0.29) is 5.96 Å². The molecule has 52 valence electrons. The molecule has 6 heteroatoms. The second-order valence-corrected chi connectivity index (χ2v) is 2.29. The molecule has 0 heterocycles. The van der Waals surface area contributed by atoms with Crippen molar-refractivity contribution in [2.75, 3.05) is 0 Å². The van der Waals surface area contributed by atoms with Gasteiger partial charge in [-0.3, -0.25) is 0 Å². The first-order valence-electron chi connectivity index (χ1n) is 2.03. The number of guanidine groups is 1. The van der Waals surface area contributed by atoms with Crippen LogP contribution in [0.3, 0.4) is 0 Å². The Morgan fingerprint density at radius 3 is 2.33 bits per heavy atom. The fourth-order valence-electron chi connectivity index (χ4n) is 0.150. The summed E-state index contributed by atoms with van der Waals surface area (Å²) in [5.74, 6) is -0.125. The van der Waals surface area contributed by atoms with Crippen LogP contribution in [-0.2, 0) is 0 Å². The molecule has 4 N–H and O–H groups in total. The van der Waals surface area contributed by atoms with Gasteiger partial charge in [-0.1, -0.05) is 23.2 Å². The molecule has 0 saturated carbocycles. The van der Waals surface area contributed by atoms with Crippen LogP contribution in [-0.4, -0.2) is 17.0 Å². The quantitative estimate of drug-likeness (QED) is 0.265. The lowest BCUT2D eigenvalue weighted by atomic mass is 10.9. The summed E-state index contributed by atoms with van der Waals surface area (Å²) in [6, 6.07) is 0. The Hall–Kier alpha value is -0.480. The summed E-state index contributed by atoms with van der Waals surface area (Å²) in [5, 5.41) is 6.56. The van der Waals surface area contributed by atoms with Crippen LogP contribution >= 0.6 is 23.2 Å². The van der Waals surface area contributed by atoms with Gasteiger partial charge in [0.1, 0.15) is 4.84 Å². The van der Waals surface area contributed by atoms with Gasteiger partial charge in [-0.15, -0.1) is 5.10 Å². The number of hydrogen-bond acceptors (Lipinski definition) is 2. The van der Waals surface area contributed by atoms with Crippen LogP contribution in [0.2, 0.25) is 0 Å². The standard InChI is InChI=1S/C3H6Cl2N4/c4-2(5)1-8-9-3(6)7/h1-2H,(H4,6,7,9)/b8-1+. The van der Waals surface area contributed by atoms with Gasteiger partial charge in [0.25, 0.3) is 0 Å². The molecular weight excluding hydrogens is 163 g/mol. The van der Waals surface area contributed by atoms with Gasteiger partial charge >= 0.3 is 0 Å². The highest BCUT2D eigenvalue weighted by Crippen LogP contribution is 1.95. The third-order valence-corrected chi connectivity index (χ3v) is 0.578. The topological polar surface area (TPSA) is 76.8 Å². The van der Waals surface area contributed by atoms with Crippen LogP contribution in [0.15, 0.2) is 10.2 Å². The fourth-order valence-corrected chi connectivity index (χ4v) is 0.251. The van der Waals surface area contributed by atoms with E-state index in [1.165, 1.54) is 6.21 Å². The molecule has 0 aliphatic carbocycles. The number of nitrogens with two attached hydrogens (primary N) is 2. The summed E-state index contributed by atoms with van der Waals surface area (Å²) in [4.78, 5) is -0.673. The van der Waals surface area contributed by atoms with Crippen LogP contribution in [0, 0.1) is 0 Å². The Labute approximate surface area is 62.5 Å². The van der Waals surface area contributed by atoms with E-state index in [4.69, 9.17) is 34.7 Å². The Morgan fingerprint density at radius 2 is 2.00 bits per heavy atom. The van der Waals surface area contributed by atoms with Gasteiger partial charge in [0.05, 0.1) is 6.21 Å². The summed E-state index contributed by atoms with van der Waals surface area (Å²) in [6.45, 7) is 0. The Kier molecular flexibility index (Phi) is 4.17. The second-order valence-electron chi connectivity index (χ2n) is 1.12. The Morgan fingerprint density at radius 1 is 1.44 bits per heavy atom. The minimum absolute atomic E-state index is 0.125. The molecule has 0 atom stereocenters. The molecule has 0 saturated heterocycles. The molecule has 9 heavy (non-hydrogen) atoms. The monoisotopic (exact) mass is 168 g/mol. The third-order valence-electron chi connectivity index (χ3n) is 0.353. The first kappa shape index (κ1) is 8.52. The molecule has 0 bridgehead atoms. The number of hydrogen-bond donors (Lipinski definition) is 2. The summed E-state index contributed by atoms with van der Waals surface area (Å²) in [6.07, 6.45) is 1.20. The van der Waals surface area contributed by atoms with Crippen LogP contribution < -0.4 is 11.5 Å². The number of nitrogens with zero attached hydrogens (tertiary/aromatic N) is 2. The van der Waals surface area contributed by atoms with E-state index in [0.29, 0.717) is 0 Å². The molecule has 0 aromatic carbocycles. The highest BCUT2D eigenvalue weighted by molar-refractivity contribution is 6.51. The molecule has 0 spiro atoms. The van der Waals surface area contributed by atoms with Gasteiger partial charge in [0, 0.05) is 0 Å². The lowest BCUT2D eigenvalue weighted by Gasteiger charge is -1.84. The van der Waals surface area contributed by atoms with Crippen molar-refractivity contribution in [3.8, 4) is 0 Å². The highest BCUT2D eigenvalue weighted by atomic mass is 35.5. The molecular formula is C3H6Cl2N4. The smallest absolute Gasteiger partial charge is 0.211 e. The molecule has 0 radical (unpaired) electrons. The van der Waals surface area contributed by atoms with Gasteiger partial charge < -0.3 is 11.5 Å². The molecule has 0 aromatic heterocycles. The molecule has 0 fully saturated rings. The first-order chi connectivity index (χ1) is 4.13. The van der Waals surface area contributed by atoms with Crippen LogP contribution in [0.4, 0.5) is 0 Å². The van der Waals surface area contributed by atoms with E-state index in [2.05, 4.69) is 10.2 Å². The van der Waals surface area contributed by atoms with Crippen LogP contribution in [0.1, 0.15) is 0 Å². The van der Waals surface area contributed by atoms with Gasteiger partial charge in [0.15, 0.2) is 0 Å². The van der Waals surface area contributed by atoms with Crippen molar-refractivity contribution in [1.82, 2.24) is 0 Å². The normalized spacial score (nSPS) is 10.6. The van der Waals surface area contributed by atoms with Crippen molar-refractivity contribution in [1.29, 1.82) is 0 Å². The molecule has 0 unspecified atom stereocenters. The second kappa shape index (κ2) is 4.40. The zero-order chi connectivity index (χ0) is 7.28. The Bertz CT molecular complexity index is 126. The van der Waals surface area contributed by atoms with Crippen molar-refractivity contribution < 1.29 is 0 Å². The maximum absolute atomic E-state index is 5.23. The van der Waals surface area contributed by atoms with E-state index in [0.717, 1.165) is 0 Å². The summed E-state index contributed by atoms with van der Waals surface area (Å²) < 4.78 is 0. The molecule has 4 nitrogen and oxygen atoms in total. The highest BCUT2D eigenvalue weighted by Gasteiger charge is 1.87. The van der Waals surface area contributed by atoms with Gasteiger partial charge in [-0.25, -0.2) is 0 Å². The van der Waals surface area contributed by atoms with Crippen molar-refractivity contribution in [2.45, 2.75) is 4.84 Å². The first-order valence-corrected chi connectivity index (χ1v) is 2.90. The van der Waals surface area contributed by atoms with Crippen LogP contribution in [0.25, 0.3) is 0 Å². The molecule has 0 aliphatic rings. The van der Waals surface area contributed by atoms with Crippen molar-refractivity contribution in [3.63, 3.8) is 0 Å². The van der Waals surface area contributed by atoms with E-state index in [1.54, 1.807) is 0 Å². The molecule has 0 amide bonds. The number of halogens is 2. The zero-order valence-electron chi connectivity index (χ0n) is 4.46. The number of rotatable bonds is 2. The maximum atomic E-state index is 5.23. The number of alkyl halides is 2. The average molecular weight is 169 g/mol. The summed E-state index contributed by atoms with van der Waals surface area (Å²) in [7, 11) is 0. The average Bonchev–Trinajstić information content (AvgIpc) is 1.63. The van der Waals surface area contributed by atoms with Gasteiger partial charge in [-0.2, -0.15) is 5.10 Å². The summed E-state index contributed by atoms with van der Waals surface area (Å²) >= 11 is 10.5. The van der Waals surface area contributed by atoms with E-state index >= 15 is 0 Å². The van der Waals surface area contributed by atoms with E-state index in [1.807, 2.05) is 0 Å². The predicted molar refractivity (Wildman–Crippen MR) is 39.8 cm³/mol. The van der Waals surface area contributed by atoms with Crippen LogP contribution in [0.5, 0.6) is 0 Å². The van der Waals surface area contributed by atoms with E-state index < -0.39 is 4.84 Å². The lowest BCUT2D eigenvalue weighted by molar-refractivity contribution is 1.21. The molecule has 0 aliphatic heterocycles. The van der Waals surface area contributed by atoms with Gasteiger partial charge in [-0.05, 0) is 0 Å². The van der Waals surface area contributed by atoms with Gasteiger partial charge in [0.2, 0.25) is 5.96 Å². The van der Waals surface area contributed by atoms with E-state index in [9.17, 15) is 0 Å². The Balaban J connectivity index is 3.60. The molecule has 0 aromatic rings. The van der Waals surface area contributed by atoms with Crippen molar-refractivity contribution >= 4 is 35.4 Å². The molecule has 0 rings (SSSR count). The third kappa shape index (κ3) is 7.52.